The van der Waals surface area contributed by atoms with Crippen LogP contribution in [0.5, 0.6) is 0 Å². The number of pyridine rings is 2. The van der Waals surface area contributed by atoms with Crippen molar-refractivity contribution < 1.29 is 9.59 Å². The molecule has 27 heavy (non-hydrogen) atoms. The Kier molecular flexibility index (Phi) is 5.56. The van der Waals surface area contributed by atoms with E-state index < -0.39 is 0 Å². The monoisotopic (exact) mass is 360 g/mol. The minimum Gasteiger partial charge on any atom is -0.345 e. The maximum Gasteiger partial charge on any atom is 0.270 e. The number of nitrogens with zero attached hydrogens (tertiary/aromatic N) is 2. The van der Waals surface area contributed by atoms with Crippen molar-refractivity contribution in [3.05, 3.63) is 89.0 Å². The summed E-state index contributed by atoms with van der Waals surface area (Å²) in [5.41, 5.74) is 4.14. The number of hydrogen-bond donors (Lipinski definition) is 2. The molecule has 2 amide bonds. The van der Waals surface area contributed by atoms with E-state index in [4.69, 9.17) is 0 Å². The molecule has 2 aromatic heterocycles. The number of carbonyl (C=O) groups is 2. The predicted molar refractivity (Wildman–Crippen MR) is 104 cm³/mol. The molecule has 3 aromatic rings. The molecule has 136 valence electrons. The zero-order valence-corrected chi connectivity index (χ0v) is 15.2. The standard InChI is InChI=1S/C21H20N4O2/c1-14-6-7-18(15(2)11-14)25-20(26)16-8-10-23-19(12-16)21(27)24-13-17-5-3-4-9-22-17/h3-12H,13H2,1-2H3,(H,24,27)(H,25,26). The number of amides is 2. The van der Waals surface area contributed by atoms with E-state index in [-0.39, 0.29) is 17.5 Å². The van der Waals surface area contributed by atoms with Crippen LogP contribution >= 0.6 is 0 Å². The van der Waals surface area contributed by atoms with Gasteiger partial charge in [0.1, 0.15) is 5.69 Å². The van der Waals surface area contributed by atoms with Crippen LogP contribution in [0.2, 0.25) is 0 Å². The second kappa shape index (κ2) is 8.23. The van der Waals surface area contributed by atoms with Gasteiger partial charge in [-0.15, -0.1) is 0 Å². The minimum atomic E-state index is -0.359. The van der Waals surface area contributed by atoms with Gasteiger partial charge in [0.2, 0.25) is 0 Å². The Hall–Kier alpha value is -3.54. The molecule has 6 nitrogen and oxygen atoms in total. The average molecular weight is 360 g/mol. The van der Waals surface area contributed by atoms with E-state index in [1.54, 1.807) is 12.3 Å². The largest absolute Gasteiger partial charge is 0.345 e. The van der Waals surface area contributed by atoms with Crippen LogP contribution in [0.25, 0.3) is 0 Å². The fraction of sp³-hybridized carbons (Fsp3) is 0.143. The van der Waals surface area contributed by atoms with Gasteiger partial charge in [0, 0.05) is 23.6 Å². The van der Waals surface area contributed by atoms with E-state index in [1.165, 1.54) is 12.3 Å². The topological polar surface area (TPSA) is 84.0 Å². The third-order valence-corrected chi connectivity index (χ3v) is 4.04. The SMILES string of the molecule is Cc1ccc(NC(=O)c2ccnc(C(=O)NCc3ccccn3)c2)c(C)c1. The van der Waals surface area contributed by atoms with E-state index in [9.17, 15) is 9.59 Å². The highest BCUT2D eigenvalue weighted by Crippen LogP contribution is 2.17. The van der Waals surface area contributed by atoms with E-state index in [2.05, 4.69) is 20.6 Å². The highest BCUT2D eigenvalue weighted by atomic mass is 16.2. The minimum absolute atomic E-state index is 0.180. The van der Waals surface area contributed by atoms with E-state index in [1.807, 2.05) is 50.2 Å². The van der Waals surface area contributed by atoms with E-state index >= 15 is 0 Å². The van der Waals surface area contributed by atoms with E-state index in [0.717, 1.165) is 22.5 Å². The molecule has 0 saturated heterocycles. The lowest BCUT2D eigenvalue weighted by atomic mass is 10.1. The van der Waals surface area contributed by atoms with Crippen LogP contribution in [0.15, 0.2) is 60.9 Å². The Labute approximate surface area is 157 Å². The Morgan fingerprint density at radius 1 is 0.926 bits per heavy atom. The molecule has 0 aliphatic rings. The van der Waals surface area contributed by atoms with Crippen LogP contribution in [-0.4, -0.2) is 21.8 Å². The average Bonchev–Trinajstić information content (AvgIpc) is 2.69. The second-order valence-corrected chi connectivity index (χ2v) is 6.21. The van der Waals surface area contributed by atoms with E-state index in [0.29, 0.717) is 12.1 Å². The first-order valence-electron chi connectivity index (χ1n) is 8.56. The number of anilines is 1. The number of carbonyl (C=O) groups excluding carboxylic acids is 2. The van der Waals surface area contributed by atoms with Gasteiger partial charge in [-0.2, -0.15) is 0 Å². The molecule has 0 aliphatic heterocycles. The highest BCUT2D eigenvalue weighted by molar-refractivity contribution is 6.06. The van der Waals surface area contributed by atoms with Crippen molar-refractivity contribution in [2.45, 2.75) is 20.4 Å². The number of nitrogens with one attached hydrogen (secondary N) is 2. The fourth-order valence-electron chi connectivity index (χ4n) is 2.61. The zero-order chi connectivity index (χ0) is 19.2. The van der Waals surface area contributed by atoms with Crippen molar-refractivity contribution in [2.75, 3.05) is 5.32 Å². The molecular weight excluding hydrogens is 340 g/mol. The van der Waals surface area contributed by atoms with Gasteiger partial charge in [0.15, 0.2) is 0 Å². The number of benzene rings is 1. The Morgan fingerprint density at radius 3 is 2.52 bits per heavy atom. The summed E-state index contributed by atoms with van der Waals surface area (Å²) in [5, 5.41) is 5.62. The Balaban J connectivity index is 1.68. The number of hydrogen-bond acceptors (Lipinski definition) is 4. The highest BCUT2D eigenvalue weighted by Gasteiger charge is 2.13. The van der Waals surface area contributed by atoms with Crippen LogP contribution in [-0.2, 0) is 6.54 Å². The molecule has 0 radical (unpaired) electrons. The molecule has 0 saturated carbocycles. The molecule has 1 aromatic carbocycles. The molecule has 2 heterocycles. The molecule has 3 rings (SSSR count). The maximum absolute atomic E-state index is 12.5. The molecule has 2 N–H and O–H groups in total. The third-order valence-electron chi connectivity index (χ3n) is 4.04. The lowest BCUT2D eigenvalue weighted by Gasteiger charge is -2.10. The van der Waals surface area contributed by atoms with Crippen LogP contribution in [0, 0.1) is 13.8 Å². The van der Waals surface area contributed by atoms with Crippen molar-refractivity contribution in [2.24, 2.45) is 0 Å². The summed E-state index contributed by atoms with van der Waals surface area (Å²) < 4.78 is 0. The lowest BCUT2D eigenvalue weighted by Crippen LogP contribution is -2.25. The molecule has 0 bridgehead atoms. The summed E-state index contributed by atoms with van der Waals surface area (Å²) in [5.74, 6) is -0.648. The normalized spacial score (nSPS) is 10.3. The van der Waals surface area contributed by atoms with Gasteiger partial charge in [0.25, 0.3) is 11.8 Å². The van der Waals surface area contributed by atoms with Crippen molar-refractivity contribution >= 4 is 17.5 Å². The summed E-state index contributed by atoms with van der Waals surface area (Å²) >= 11 is 0. The zero-order valence-electron chi connectivity index (χ0n) is 15.2. The molecule has 0 atom stereocenters. The van der Waals surface area contributed by atoms with Crippen molar-refractivity contribution in [1.29, 1.82) is 0 Å². The number of rotatable bonds is 5. The molecule has 0 fully saturated rings. The van der Waals surface area contributed by atoms with Crippen molar-refractivity contribution in [3.63, 3.8) is 0 Å². The fourth-order valence-corrected chi connectivity index (χ4v) is 2.61. The first-order chi connectivity index (χ1) is 13.0. The number of aromatic nitrogens is 2. The second-order valence-electron chi connectivity index (χ2n) is 6.21. The van der Waals surface area contributed by atoms with Crippen LogP contribution in [0.1, 0.15) is 37.7 Å². The quantitative estimate of drug-likeness (QED) is 0.731. The summed E-state index contributed by atoms with van der Waals surface area (Å²) in [6.07, 6.45) is 3.12. The summed E-state index contributed by atoms with van der Waals surface area (Å²) in [7, 11) is 0. The summed E-state index contributed by atoms with van der Waals surface area (Å²) in [6, 6.07) is 14.3. The molecular formula is C21H20N4O2. The van der Waals surface area contributed by atoms with Gasteiger partial charge in [-0.05, 0) is 49.7 Å². The Bertz CT molecular complexity index is 971. The summed E-state index contributed by atoms with van der Waals surface area (Å²) in [6.45, 7) is 4.23. The van der Waals surface area contributed by atoms with Crippen LogP contribution in [0.4, 0.5) is 5.69 Å². The molecule has 6 heteroatoms. The van der Waals surface area contributed by atoms with Gasteiger partial charge >= 0.3 is 0 Å². The van der Waals surface area contributed by atoms with Crippen LogP contribution in [0.3, 0.4) is 0 Å². The van der Waals surface area contributed by atoms with Crippen molar-refractivity contribution in [1.82, 2.24) is 15.3 Å². The van der Waals surface area contributed by atoms with Gasteiger partial charge in [-0.25, -0.2) is 0 Å². The Morgan fingerprint density at radius 2 is 1.78 bits per heavy atom. The van der Waals surface area contributed by atoms with Gasteiger partial charge in [0.05, 0.1) is 12.2 Å². The number of aryl methyl sites for hydroxylation is 2. The molecule has 0 aliphatic carbocycles. The lowest BCUT2D eigenvalue weighted by molar-refractivity contribution is 0.0945. The first kappa shape index (κ1) is 18.3. The van der Waals surface area contributed by atoms with Gasteiger partial charge < -0.3 is 10.6 Å². The third kappa shape index (κ3) is 4.76. The van der Waals surface area contributed by atoms with Gasteiger partial charge in [-0.1, -0.05) is 23.8 Å². The molecule has 0 unspecified atom stereocenters. The maximum atomic E-state index is 12.5. The smallest absolute Gasteiger partial charge is 0.270 e. The van der Waals surface area contributed by atoms with Gasteiger partial charge in [-0.3, -0.25) is 19.6 Å². The van der Waals surface area contributed by atoms with Crippen molar-refractivity contribution in [3.8, 4) is 0 Å². The van der Waals surface area contributed by atoms with Crippen LogP contribution < -0.4 is 10.6 Å². The molecule has 0 spiro atoms. The summed E-state index contributed by atoms with van der Waals surface area (Å²) in [4.78, 5) is 33.0. The first-order valence-corrected chi connectivity index (χ1v) is 8.56. The predicted octanol–water partition coefficient (Wildman–Crippen LogP) is 3.28.